The molecule has 0 aliphatic rings. The van der Waals surface area contributed by atoms with Crippen molar-refractivity contribution in [3.05, 3.63) is 0 Å². The van der Waals surface area contributed by atoms with Gasteiger partial charge in [0, 0.05) is 0 Å². The van der Waals surface area contributed by atoms with Crippen LogP contribution < -0.4 is 5.73 Å². The summed E-state index contributed by atoms with van der Waals surface area (Å²) in [5.41, 5.74) is 2.57. The second-order valence-corrected chi connectivity index (χ2v) is 6.52. The van der Waals surface area contributed by atoms with Gasteiger partial charge in [0.15, 0.2) is 0 Å². The standard InChI is InChI=1S/C12H23NO4/c1-10(2,3)7-12(13,8(14)15)9(16)17-11(4,5)6/h7,13H2,1-6H3,(H,14,15)/t12-/m0/s1. The molecule has 0 aromatic heterocycles. The van der Waals surface area contributed by atoms with Gasteiger partial charge in [-0.3, -0.25) is 0 Å². The van der Waals surface area contributed by atoms with E-state index in [1.165, 1.54) is 0 Å². The summed E-state index contributed by atoms with van der Waals surface area (Å²) >= 11 is 0. The molecule has 0 rings (SSSR count). The minimum Gasteiger partial charge on any atom is -0.479 e. The Morgan fingerprint density at radius 1 is 1.12 bits per heavy atom. The van der Waals surface area contributed by atoms with Gasteiger partial charge in [-0.2, -0.15) is 0 Å². The molecule has 0 unspecified atom stereocenters. The number of aliphatic carboxylic acids is 1. The van der Waals surface area contributed by atoms with Gasteiger partial charge in [-0.1, -0.05) is 20.8 Å². The molecular weight excluding hydrogens is 222 g/mol. The normalized spacial score (nSPS) is 16.2. The van der Waals surface area contributed by atoms with Gasteiger partial charge >= 0.3 is 11.9 Å². The average molecular weight is 245 g/mol. The van der Waals surface area contributed by atoms with Crippen LogP contribution in [0.3, 0.4) is 0 Å². The van der Waals surface area contributed by atoms with Crippen LogP contribution in [0, 0.1) is 5.41 Å². The molecule has 0 aliphatic heterocycles. The lowest BCUT2D eigenvalue weighted by Gasteiger charge is -2.32. The van der Waals surface area contributed by atoms with Gasteiger partial charge in [0.1, 0.15) is 5.60 Å². The molecule has 0 aromatic rings. The molecule has 0 bridgehead atoms. The largest absolute Gasteiger partial charge is 0.479 e. The summed E-state index contributed by atoms with van der Waals surface area (Å²) < 4.78 is 5.07. The van der Waals surface area contributed by atoms with Crippen molar-refractivity contribution in [2.75, 3.05) is 0 Å². The molecular formula is C12H23NO4. The van der Waals surface area contributed by atoms with Gasteiger partial charge in [0.25, 0.3) is 0 Å². The number of rotatable bonds is 3. The summed E-state index contributed by atoms with van der Waals surface area (Å²) in [4.78, 5) is 23.1. The van der Waals surface area contributed by atoms with Gasteiger partial charge in [-0.25, -0.2) is 9.59 Å². The summed E-state index contributed by atoms with van der Waals surface area (Å²) in [5, 5.41) is 9.14. The van der Waals surface area contributed by atoms with Crippen LogP contribution in [0.2, 0.25) is 0 Å². The van der Waals surface area contributed by atoms with Gasteiger partial charge in [-0.15, -0.1) is 0 Å². The fourth-order valence-corrected chi connectivity index (χ4v) is 1.44. The molecule has 0 spiro atoms. The Labute approximate surface area is 102 Å². The van der Waals surface area contributed by atoms with Crippen LogP contribution in [0.25, 0.3) is 0 Å². The van der Waals surface area contributed by atoms with Crippen molar-refractivity contribution >= 4 is 11.9 Å². The predicted molar refractivity (Wildman–Crippen MR) is 64.5 cm³/mol. The van der Waals surface area contributed by atoms with E-state index in [2.05, 4.69) is 0 Å². The van der Waals surface area contributed by atoms with Crippen LogP contribution in [0.5, 0.6) is 0 Å². The Morgan fingerprint density at radius 2 is 1.53 bits per heavy atom. The summed E-state index contributed by atoms with van der Waals surface area (Å²) in [6, 6.07) is 0. The van der Waals surface area contributed by atoms with Crippen molar-refractivity contribution in [3.8, 4) is 0 Å². The van der Waals surface area contributed by atoms with Gasteiger partial charge in [0.05, 0.1) is 0 Å². The average Bonchev–Trinajstić information content (AvgIpc) is 1.96. The molecule has 0 radical (unpaired) electrons. The summed E-state index contributed by atoms with van der Waals surface area (Å²) in [6.07, 6.45) is 0.0181. The molecule has 100 valence electrons. The molecule has 0 saturated carbocycles. The second-order valence-electron chi connectivity index (χ2n) is 6.52. The van der Waals surface area contributed by atoms with Gasteiger partial charge in [-0.05, 0) is 32.6 Å². The summed E-state index contributed by atoms with van der Waals surface area (Å²) in [6.45, 7) is 10.5. The number of hydrogen-bond acceptors (Lipinski definition) is 4. The van der Waals surface area contributed by atoms with Crippen LogP contribution in [-0.4, -0.2) is 28.2 Å². The summed E-state index contributed by atoms with van der Waals surface area (Å²) in [5.74, 6) is -2.26. The quantitative estimate of drug-likeness (QED) is 0.581. The van der Waals surface area contributed by atoms with Crippen LogP contribution in [-0.2, 0) is 14.3 Å². The lowest BCUT2D eigenvalue weighted by Crippen LogP contribution is -2.58. The first kappa shape index (κ1) is 15.9. The van der Waals surface area contributed by atoms with E-state index >= 15 is 0 Å². The van der Waals surface area contributed by atoms with E-state index in [1.54, 1.807) is 20.8 Å². The van der Waals surface area contributed by atoms with Crippen molar-refractivity contribution in [2.24, 2.45) is 11.1 Å². The van der Waals surface area contributed by atoms with Gasteiger partial charge in [0.2, 0.25) is 5.54 Å². The van der Waals surface area contributed by atoms with E-state index in [4.69, 9.17) is 15.6 Å². The highest BCUT2D eigenvalue weighted by molar-refractivity contribution is 6.04. The van der Waals surface area contributed by atoms with Crippen molar-refractivity contribution in [1.29, 1.82) is 0 Å². The van der Waals surface area contributed by atoms with E-state index in [9.17, 15) is 9.59 Å². The minimum absolute atomic E-state index is 0.0181. The zero-order valence-corrected chi connectivity index (χ0v) is 11.5. The Morgan fingerprint density at radius 3 is 1.76 bits per heavy atom. The monoisotopic (exact) mass is 245 g/mol. The van der Waals surface area contributed by atoms with Crippen LogP contribution in [0.4, 0.5) is 0 Å². The number of hydrogen-bond donors (Lipinski definition) is 2. The third-order valence-corrected chi connectivity index (χ3v) is 1.95. The topological polar surface area (TPSA) is 89.6 Å². The van der Waals surface area contributed by atoms with E-state index in [0.29, 0.717) is 0 Å². The van der Waals surface area contributed by atoms with Crippen LogP contribution in [0.1, 0.15) is 48.0 Å². The van der Waals surface area contributed by atoms with Crippen molar-refractivity contribution < 1.29 is 19.4 Å². The van der Waals surface area contributed by atoms with Crippen molar-refractivity contribution in [1.82, 2.24) is 0 Å². The number of carbonyl (C=O) groups is 2. The van der Waals surface area contributed by atoms with Crippen LogP contribution in [0.15, 0.2) is 0 Å². The first-order chi connectivity index (χ1) is 7.28. The Kier molecular flexibility index (Phi) is 4.34. The van der Waals surface area contributed by atoms with E-state index < -0.39 is 23.1 Å². The molecule has 5 heteroatoms. The molecule has 0 amide bonds. The SMILES string of the molecule is CC(C)(C)C[C@](N)(C(=O)O)C(=O)OC(C)(C)C. The minimum atomic E-state index is -1.99. The zero-order chi connectivity index (χ0) is 14.1. The van der Waals surface area contributed by atoms with E-state index in [0.717, 1.165) is 0 Å². The number of ether oxygens (including phenoxy) is 1. The molecule has 5 nitrogen and oxygen atoms in total. The highest BCUT2D eigenvalue weighted by Crippen LogP contribution is 2.28. The van der Waals surface area contributed by atoms with Crippen molar-refractivity contribution in [2.45, 2.75) is 59.1 Å². The third kappa shape index (κ3) is 5.17. The highest BCUT2D eigenvalue weighted by Gasteiger charge is 2.47. The predicted octanol–water partition coefficient (Wildman–Crippen LogP) is 1.55. The molecule has 0 aromatic carbocycles. The fraction of sp³-hybridized carbons (Fsp3) is 0.833. The van der Waals surface area contributed by atoms with E-state index in [-0.39, 0.29) is 11.8 Å². The Bertz CT molecular complexity index is 311. The summed E-state index contributed by atoms with van der Waals surface area (Å²) in [7, 11) is 0. The molecule has 0 heterocycles. The fourth-order valence-electron chi connectivity index (χ4n) is 1.44. The number of carbonyl (C=O) groups excluding carboxylic acids is 1. The van der Waals surface area contributed by atoms with Crippen LogP contribution >= 0.6 is 0 Å². The molecule has 0 saturated heterocycles. The maximum absolute atomic E-state index is 11.9. The molecule has 17 heavy (non-hydrogen) atoms. The maximum atomic E-state index is 11.9. The molecule has 1 atom stereocenters. The smallest absolute Gasteiger partial charge is 0.338 e. The first-order valence-electron chi connectivity index (χ1n) is 5.54. The zero-order valence-electron chi connectivity index (χ0n) is 11.5. The molecule has 0 aliphatic carbocycles. The Balaban J connectivity index is 5.10. The maximum Gasteiger partial charge on any atom is 0.338 e. The molecule has 0 fully saturated rings. The third-order valence-electron chi connectivity index (χ3n) is 1.95. The number of esters is 1. The van der Waals surface area contributed by atoms with E-state index in [1.807, 2.05) is 20.8 Å². The number of carboxylic acids is 1. The second kappa shape index (κ2) is 4.64. The number of nitrogens with two attached hydrogens (primary N) is 1. The highest BCUT2D eigenvalue weighted by atomic mass is 16.6. The molecule has 3 N–H and O–H groups in total. The van der Waals surface area contributed by atoms with Gasteiger partial charge < -0.3 is 15.6 Å². The number of carboxylic acid groups (broad SMARTS) is 1. The van der Waals surface area contributed by atoms with Crippen molar-refractivity contribution in [3.63, 3.8) is 0 Å². The Hall–Kier alpha value is -1.10. The lowest BCUT2D eigenvalue weighted by molar-refractivity contribution is -0.170. The lowest BCUT2D eigenvalue weighted by atomic mass is 9.80. The first-order valence-corrected chi connectivity index (χ1v) is 5.54.